The Morgan fingerprint density at radius 2 is 1.07 bits per heavy atom. The number of hydrogen-bond donors (Lipinski definition) is 0. The second-order valence-electron chi connectivity index (χ2n) is 7.70. The summed E-state index contributed by atoms with van der Waals surface area (Å²) in [4.78, 5) is 24.5. The third-order valence-electron chi connectivity index (χ3n) is 5.12. The fourth-order valence-corrected chi connectivity index (χ4v) is 3.32. The molecule has 0 atom stereocenters. The zero-order valence-corrected chi connectivity index (χ0v) is 19.0. The first-order valence-electron chi connectivity index (χ1n) is 11.6. The molecule has 0 N–H and O–H groups in total. The van der Waals surface area contributed by atoms with E-state index >= 15 is 0 Å². The van der Waals surface area contributed by atoms with Gasteiger partial charge in [-0.25, -0.2) is 9.59 Å². The van der Waals surface area contributed by atoms with Crippen molar-refractivity contribution in [1.82, 2.24) is 0 Å². The Bertz CT molecular complexity index is 585. The highest BCUT2D eigenvalue weighted by atomic mass is 16.6. The van der Waals surface area contributed by atoms with Crippen LogP contribution in [0.1, 0.15) is 105 Å². The van der Waals surface area contributed by atoms with Crippen LogP contribution in [0.5, 0.6) is 0 Å². The van der Waals surface area contributed by atoms with Crippen molar-refractivity contribution in [3.63, 3.8) is 0 Å². The quantitative estimate of drug-likeness (QED) is 0.205. The predicted octanol–water partition coefficient (Wildman–Crippen LogP) is 6.35. The Morgan fingerprint density at radius 1 is 0.633 bits per heavy atom. The summed E-state index contributed by atoms with van der Waals surface area (Å²) in [5.74, 6) is -1.01. The fourth-order valence-electron chi connectivity index (χ4n) is 3.32. The van der Waals surface area contributed by atoms with Gasteiger partial charge in [0, 0.05) is 7.11 Å². The molecule has 1 rings (SSSR count). The van der Waals surface area contributed by atoms with Crippen molar-refractivity contribution in [3.05, 3.63) is 35.4 Å². The van der Waals surface area contributed by atoms with Gasteiger partial charge in [-0.15, -0.1) is 0 Å². The van der Waals surface area contributed by atoms with Gasteiger partial charge in [0.2, 0.25) is 0 Å². The van der Waals surface area contributed by atoms with Gasteiger partial charge in [0.1, 0.15) is 6.61 Å². The molecule has 0 heterocycles. The largest absolute Gasteiger partial charge is 0.462 e. The Morgan fingerprint density at radius 3 is 1.53 bits per heavy atom. The molecule has 0 unspecified atom stereocenters. The second kappa shape index (κ2) is 17.9. The molecule has 0 saturated carbocycles. The van der Waals surface area contributed by atoms with E-state index in [2.05, 4.69) is 6.92 Å². The summed E-state index contributed by atoms with van der Waals surface area (Å²) < 4.78 is 15.3. The molecule has 0 aliphatic carbocycles. The lowest BCUT2D eigenvalue weighted by Gasteiger charge is -2.09. The third-order valence-corrected chi connectivity index (χ3v) is 5.12. The minimum absolute atomic E-state index is 0.150. The highest BCUT2D eigenvalue weighted by molar-refractivity contribution is 6.03. The first-order chi connectivity index (χ1) is 14.7. The van der Waals surface area contributed by atoms with Crippen molar-refractivity contribution in [2.24, 2.45) is 0 Å². The van der Waals surface area contributed by atoms with Crippen LogP contribution in [-0.2, 0) is 14.2 Å². The molecule has 5 nitrogen and oxygen atoms in total. The van der Waals surface area contributed by atoms with Crippen LogP contribution < -0.4 is 0 Å². The molecule has 1 aromatic rings. The van der Waals surface area contributed by atoms with E-state index in [0.29, 0.717) is 13.2 Å². The Balaban J connectivity index is 2.14. The zero-order valence-electron chi connectivity index (χ0n) is 19.0. The number of hydrogen-bond acceptors (Lipinski definition) is 5. The van der Waals surface area contributed by atoms with Crippen molar-refractivity contribution in [2.45, 2.75) is 84.0 Å². The van der Waals surface area contributed by atoms with Gasteiger partial charge in [-0.2, -0.15) is 0 Å². The number of methoxy groups -OCH3 is 1. The molecule has 5 heteroatoms. The van der Waals surface area contributed by atoms with Gasteiger partial charge in [-0.05, 0) is 18.6 Å². The van der Waals surface area contributed by atoms with Crippen molar-refractivity contribution < 1.29 is 23.8 Å². The molecular formula is C25H40O5. The van der Waals surface area contributed by atoms with Gasteiger partial charge in [0.15, 0.2) is 0 Å². The molecule has 0 saturated heterocycles. The summed E-state index contributed by atoms with van der Waals surface area (Å²) >= 11 is 0. The van der Waals surface area contributed by atoms with Gasteiger partial charge >= 0.3 is 11.9 Å². The van der Waals surface area contributed by atoms with E-state index in [-0.39, 0.29) is 17.7 Å². The van der Waals surface area contributed by atoms with Crippen molar-refractivity contribution in [2.75, 3.05) is 26.9 Å². The fraction of sp³-hybridized carbons (Fsp3) is 0.680. The average Bonchev–Trinajstić information content (AvgIpc) is 2.77. The van der Waals surface area contributed by atoms with Crippen LogP contribution in [0.2, 0.25) is 0 Å². The highest BCUT2D eigenvalue weighted by Crippen LogP contribution is 2.14. The molecule has 0 amide bonds. The van der Waals surface area contributed by atoms with E-state index in [9.17, 15) is 9.59 Å². The maximum absolute atomic E-state index is 12.3. The van der Waals surface area contributed by atoms with Crippen LogP contribution in [0.15, 0.2) is 24.3 Å². The molecule has 0 fully saturated rings. The maximum Gasteiger partial charge on any atom is 0.339 e. The zero-order chi connectivity index (χ0) is 21.9. The van der Waals surface area contributed by atoms with Crippen LogP contribution in [0.3, 0.4) is 0 Å². The van der Waals surface area contributed by atoms with Crippen LogP contribution in [0.4, 0.5) is 0 Å². The summed E-state index contributed by atoms with van der Waals surface area (Å²) in [6, 6.07) is 6.59. The highest BCUT2D eigenvalue weighted by Gasteiger charge is 2.18. The number of carbonyl (C=O) groups is 2. The van der Waals surface area contributed by atoms with E-state index in [0.717, 1.165) is 12.8 Å². The molecule has 0 radical (unpaired) electrons. The normalized spacial score (nSPS) is 10.7. The van der Waals surface area contributed by atoms with Crippen molar-refractivity contribution >= 4 is 11.9 Å². The van der Waals surface area contributed by atoms with Crippen molar-refractivity contribution in [3.8, 4) is 0 Å². The Hall–Kier alpha value is -1.88. The van der Waals surface area contributed by atoms with E-state index in [1.807, 2.05) is 0 Å². The molecule has 170 valence electrons. The summed E-state index contributed by atoms with van der Waals surface area (Å²) in [6.45, 7) is 3.10. The van der Waals surface area contributed by atoms with Crippen LogP contribution in [0.25, 0.3) is 0 Å². The summed E-state index contributed by atoms with van der Waals surface area (Å²) in [5, 5.41) is 0. The smallest absolute Gasteiger partial charge is 0.339 e. The summed E-state index contributed by atoms with van der Waals surface area (Å²) in [7, 11) is 1.54. The summed E-state index contributed by atoms with van der Waals surface area (Å²) in [5.41, 5.74) is 0.479. The Labute approximate surface area is 182 Å². The first-order valence-corrected chi connectivity index (χ1v) is 11.6. The third kappa shape index (κ3) is 12.0. The van der Waals surface area contributed by atoms with E-state index in [1.54, 1.807) is 24.3 Å². The Kier molecular flexibility index (Phi) is 15.6. The average molecular weight is 421 g/mol. The molecule has 30 heavy (non-hydrogen) atoms. The van der Waals surface area contributed by atoms with E-state index in [4.69, 9.17) is 14.2 Å². The SMILES string of the molecule is CCCCCCCCCCCCCCOC(=O)c1ccccc1C(=O)OCCOC. The van der Waals surface area contributed by atoms with E-state index < -0.39 is 11.9 Å². The van der Waals surface area contributed by atoms with Crippen LogP contribution in [0, 0.1) is 0 Å². The number of unbranched alkanes of at least 4 members (excludes halogenated alkanes) is 11. The maximum atomic E-state index is 12.3. The minimum atomic E-state index is -0.537. The minimum Gasteiger partial charge on any atom is -0.462 e. The lowest BCUT2D eigenvalue weighted by atomic mass is 10.1. The topological polar surface area (TPSA) is 61.8 Å². The molecule has 0 aliphatic heterocycles. The van der Waals surface area contributed by atoms with Gasteiger partial charge < -0.3 is 14.2 Å². The summed E-state index contributed by atoms with van der Waals surface area (Å²) in [6.07, 6.45) is 15.1. The lowest BCUT2D eigenvalue weighted by Crippen LogP contribution is -2.16. The molecule has 0 aromatic heterocycles. The monoisotopic (exact) mass is 420 g/mol. The number of benzene rings is 1. The van der Waals surface area contributed by atoms with Gasteiger partial charge in [0.05, 0.1) is 24.3 Å². The molecule has 0 spiro atoms. The second-order valence-corrected chi connectivity index (χ2v) is 7.70. The van der Waals surface area contributed by atoms with Gasteiger partial charge in [-0.1, -0.05) is 89.7 Å². The molecule has 0 bridgehead atoms. The number of ether oxygens (including phenoxy) is 3. The number of esters is 2. The first kappa shape index (κ1) is 26.2. The number of rotatable bonds is 18. The molecule has 0 aliphatic rings. The molecular weight excluding hydrogens is 380 g/mol. The lowest BCUT2D eigenvalue weighted by molar-refractivity contribution is 0.0372. The molecule has 1 aromatic carbocycles. The van der Waals surface area contributed by atoms with Gasteiger partial charge in [-0.3, -0.25) is 0 Å². The standard InChI is InChI=1S/C25H40O5/c1-3-4-5-6-7-8-9-10-11-12-13-16-19-29-24(26)22-17-14-15-18-23(22)25(27)30-21-20-28-2/h14-15,17-18H,3-13,16,19-21H2,1-2H3. The predicted molar refractivity (Wildman–Crippen MR) is 120 cm³/mol. The van der Waals surface area contributed by atoms with Crippen molar-refractivity contribution in [1.29, 1.82) is 0 Å². The van der Waals surface area contributed by atoms with Gasteiger partial charge in [0.25, 0.3) is 0 Å². The van der Waals surface area contributed by atoms with Crippen LogP contribution >= 0.6 is 0 Å². The van der Waals surface area contributed by atoms with E-state index in [1.165, 1.54) is 71.3 Å². The van der Waals surface area contributed by atoms with Crippen LogP contribution in [-0.4, -0.2) is 38.9 Å². The number of carbonyl (C=O) groups excluding carboxylic acids is 2.